The summed E-state index contributed by atoms with van der Waals surface area (Å²) < 4.78 is 15.0. The Morgan fingerprint density at radius 1 is 1.48 bits per heavy atom. The molecule has 0 spiro atoms. The fourth-order valence-corrected chi connectivity index (χ4v) is 2.99. The normalized spacial score (nSPS) is 22.2. The summed E-state index contributed by atoms with van der Waals surface area (Å²) in [6.07, 6.45) is -2.61. The van der Waals surface area contributed by atoms with E-state index >= 15 is 0 Å². The lowest BCUT2D eigenvalue weighted by molar-refractivity contribution is -0.385. The molecule has 1 amide bonds. The van der Waals surface area contributed by atoms with E-state index in [4.69, 9.17) is 16.7 Å². The lowest BCUT2D eigenvalue weighted by atomic mass is 9.91. The Morgan fingerprint density at radius 3 is 2.52 bits per heavy atom. The van der Waals surface area contributed by atoms with Crippen LogP contribution in [0.5, 0.6) is 0 Å². The zero-order chi connectivity index (χ0) is 17.5. The summed E-state index contributed by atoms with van der Waals surface area (Å²) in [6, 6.07) is -0.683. The number of alkyl halides is 1. The molecule has 8 nitrogen and oxygen atoms in total. The van der Waals surface area contributed by atoms with Crippen LogP contribution in [0, 0.1) is 10.1 Å². The molecular formula is C13H18ClFN4O4. The van der Waals surface area contributed by atoms with Gasteiger partial charge in [0.2, 0.25) is 5.15 Å². The molecule has 0 aliphatic carbocycles. The second kappa shape index (κ2) is 5.95. The predicted molar refractivity (Wildman–Crippen MR) is 80.7 cm³/mol. The zero-order valence-electron chi connectivity index (χ0n) is 13.0. The topological polar surface area (TPSA) is 102 Å². The number of halogens is 2. The van der Waals surface area contributed by atoms with Crippen LogP contribution in [0.15, 0.2) is 0 Å². The zero-order valence-corrected chi connectivity index (χ0v) is 13.7. The largest absolute Gasteiger partial charge is 0.465 e. The first-order valence-corrected chi connectivity index (χ1v) is 7.45. The summed E-state index contributed by atoms with van der Waals surface area (Å²) >= 11 is 6.11. The maximum atomic E-state index is 13.8. The van der Waals surface area contributed by atoms with Gasteiger partial charge in [-0.15, -0.1) is 0 Å². The Balaban J connectivity index is 2.47. The van der Waals surface area contributed by atoms with Crippen LogP contribution in [0.2, 0.25) is 5.15 Å². The number of carboxylic acid groups (broad SMARTS) is 1. The van der Waals surface area contributed by atoms with E-state index in [0.717, 1.165) is 4.90 Å². The van der Waals surface area contributed by atoms with Crippen molar-refractivity contribution in [1.29, 1.82) is 0 Å². The second-order valence-electron chi connectivity index (χ2n) is 6.61. The van der Waals surface area contributed by atoms with Crippen molar-refractivity contribution in [3.05, 3.63) is 21.0 Å². The fourth-order valence-electron chi connectivity index (χ4n) is 2.66. The minimum Gasteiger partial charge on any atom is -0.465 e. The molecule has 0 radical (unpaired) electrons. The number of amides is 1. The van der Waals surface area contributed by atoms with Gasteiger partial charge in [-0.1, -0.05) is 32.4 Å². The molecule has 1 aliphatic heterocycles. The number of nitro groups is 1. The molecule has 0 saturated carbocycles. The number of hydrogen-bond donors (Lipinski definition) is 1. The van der Waals surface area contributed by atoms with E-state index in [-0.39, 0.29) is 36.0 Å². The van der Waals surface area contributed by atoms with Crippen molar-refractivity contribution in [2.45, 2.75) is 44.8 Å². The van der Waals surface area contributed by atoms with E-state index in [9.17, 15) is 19.3 Å². The summed E-state index contributed by atoms with van der Waals surface area (Å²) in [5.41, 5.74) is -0.759. The predicted octanol–water partition coefficient (Wildman–Crippen LogP) is 3.01. The van der Waals surface area contributed by atoms with Gasteiger partial charge in [-0.2, -0.15) is 5.10 Å². The molecule has 2 atom stereocenters. The molecule has 1 fully saturated rings. The van der Waals surface area contributed by atoms with Gasteiger partial charge in [0, 0.05) is 18.4 Å². The average molecular weight is 349 g/mol. The molecule has 128 valence electrons. The van der Waals surface area contributed by atoms with Crippen LogP contribution in [0.25, 0.3) is 0 Å². The third-order valence-electron chi connectivity index (χ3n) is 3.72. The molecule has 1 saturated heterocycles. The molecular weight excluding hydrogens is 331 g/mol. The Morgan fingerprint density at radius 2 is 2.09 bits per heavy atom. The number of piperidine rings is 1. The van der Waals surface area contributed by atoms with Crippen molar-refractivity contribution in [2.24, 2.45) is 0 Å². The van der Waals surface area contributed by atoms with Crippen LogP contribution in [-0.2, 0) is 5.41 Å². The average Bonchev–Trinajstić information content (AvgIpc) is 2.75. The van der Waals surface area contributed by atoms with Gasteiger partial charge >= 0.3 is 11.8 Å². The van der Waals surface area contributed by atoms with Gasteiger partial charge in [0.1, 0.15) is 11.9 Å². The summed E-state index contributed by atoms with van der Waals surface area (Å²) in [7, 11) is 0. The van der Waals surface area contributed by atoms with E-state index in [1.54, 1.807) is 20.8 Å². The van der Waals surface area contributed by atoms with Crippen molar-refractivity contribution in [3.63, 3.8) is 0 Å². The van der Waals surface area contributed by atoms with Crippen LogP contribution < -0.4 is 0 Å². The van der Waals surface area contributed by atoms with Gasteiger partial charge in [-0.3, -0.25) is 10.1 Å². The highest BCUT2D eigenvalue weighted by molar-refractivity contribution is 6.31. The number of hydrogen-bond acceptors (Lipinski definition) is 4. The smallest absolute Gasteiger partial charge is 0.407 e. The minimum atomic E-state index is -1.37. The summed E-state index contributed by atoms with van der Waals surface area (Å²) in [5, 5.41) is 24.4. The van der Waals surface area contributed by atoms with Crippen LogP contribution in [0.4, 0.5) is 14.9 Å². The maximum Gasteiger partial charge on any atom is 0.407 e. The molecule has 1 aromatic heterocycles. The van der Waals surface area contributed by atoms with Gasteiger partial charge in [0.15, 0.2) is 0 Å². The third kappa shape index (κ3) is 3.39. The van der Waals surface area contributed by atoms with Crippen molar-refractivity contribution >= 4 is 23.4 Å². The Labute approximate surface area is 137 Å². The van der Waals surface area contributed by atoms with Gasteiger partial charge in [0.05, 0.1) is 17.5 Å². The fraction of sp³-hybridized carbons (Fsp3) is 0.692. The summed E-state index contributed by atoms with van der Waals surface area (Å²) in [6.45, 7) is 5.03. The highest BCUT2D eigenvalue weighted by Crippen LogP contribution is 2.39. The molecule has 2 heterocycles. The highest BCUT2D eigenvalue weighted by Gasteiger charge is 2.38. The van der Waals surface area contributed by atoms with Crippen molar-refractivity contribution in [2.75, 3.05) is 13.1 Å². The first-order valence-electron chi connectivity index (χ1n) is 7.07. The van der Waals surface area contributed by atoms with E-state index in [1.807, 2.05) is 0 Å². The molecule has 1 aliphatic rings. The van der Waals surface area contributed by atoms with Gasteiger partial charge in [-0.25, -0.2) is 13.9 Å². The minimum absolute atomic E-state index is 0.00587. The first kappa shape index (κ1) is 17.5. The van der Waals surface area contributed by atoms with E-state index in [1.165, 1.54) is 4.68 Å². The number of rotatable bonds is 2. The van der Waals surface area contributed by atoms with Crippen LogP contribution in [0.3, 0.4) is 0 Å². The number of carbonyl (C=O) groups is 1. The molecule has 23 heavy (non-hydrogen) atoms. The van der Waals surface area contributed by atoms with E-state index in [2.05, 4.69) is 5.10 Å². The van der Waals surface area contributed by atoms with Crippen molar-refractivity contribution < 1.29 is 19.2 Å². The third-order valence-corrected chi connectivity index (χ3v) is 4.07. The van der Waals surface area contributed by atoms with Crippen molar-refractivity contribution in [1.82, 2.24) is 14.7 Å². The van der Waals surface area contributed by atoms with E-state index < -0.39 is 28.6 Å². The Kier molecular flexibility index (Phi) is 4.52. The molecule has 2 rings (SSSR count). The molecule has 1 aromatic rings. The van der Waals surface area contributed by atoms with Crippen LogP contribution >= 0.6 is 11.6 Å². The van der Waals surface area contributed by atoms with Crippen molar-refractivity contribution in [3.8, 4) is 0 Å². The Bertz CT molecular complexity index is 643. The number of nitrogens with zero attached hydrogens (tertiary/aromatic N) is 4. The molecule has 0 unspecified atom stereocenters. The SMILES string of the molecule is CC(C)(C)c1nn([C@H]2C[C@H](F)CN(C(=O)O)C2)c(Cl)c1[N+](=O)[O-]. The quantitative estimate of drug-likeness (QED) is 0.653. The first-order chi connectivity index (χ1) is 10.5. The molecule has 0 aromatic carbocycles. The number of likely N-dealkylation sites (tertiary alicyclic amines) is 1. The lowest BCUT2D eigenvalue weighted by Crippen LogP contribution is -2.45. The molecule has 0 bridgehead atoms. The van der Waals surface area contributed by atoms with E-state index in [0.29, 0.717) is 0 Å². The monoisotopic (exact) mass is 348 g/mol. The highest BCUT2D eigenvalue weighted by atomic mass is 35.5. The molecule has 1 N–H and O–H groups in total. The van der Waals surface area contributed by atoms with Gasteiger partial charge < -0.3 is 10.0 Å². The van der Waals surface area contributed by atoms with Crippen LogP contribution in [0.1, 0.15) is 38.9 Å². The van der Waals surface area contributed by atoms with Crippen LogP contribution in [-0.4, -0.2) is 50.1 Å². The molecule has 10 heteroatoms. The second-order valence-corrected chi connectivity index (χ2v) is 6.97. The summed E-state index contributed by atoms with van der Waals surface area (Å²) in [4.78, 5) is 22.7. The maximum absolute atomic E-state index is 13.8. The lowest BCUT2D eigenvalue weighted by Gasteiger charge is -2.33. The standard InChI is InChI=1S/C13H18ClFN4O4/c1-13(2,3)10-9(19(22)23)11(14)18(16-10)8-4-7(15)5-17(6-8)12(20)21/h7-8H,4-6H2,1-3H3,(H,20,21)/t7-,8-/m0/s1. The Hall–Kier alpha value is -1.90. The summed E-state index contributed by atoms with van der Waals surface area (Å²) in [5.74, 6) is 0. The van der Waals surface area contributed by atoms with Gasteiger partial charge in [-0.05, 0) is 0 Å². The van der Waals surface area contributed by atoms with Gasteiger partial charge in [0.25, 0.3) is 0 Å². The number of aromatic nitrogens is 2.